The monoisotopic (exact) mass is 181 g/mol. The number of hydrogen-bond acceptors (Lipinski definition) is 1. The van der Waals surface area contributed by atoms with Crippen LogP contribution in [-0.4, -0.2) is 33.8 Å². The van der Waals surface area contributed by atoms with Crippen molar-refractivity contribution in [3.8, 4) is 0 Å². The molecule has 0 aliphatic heterocycles. The van der Waals surface area contributed by atoms with E-state index in [0.29, 0.717) is 0 Å². The molecule has 12 heavy (non-hydrogen) atoms. The fourth-order valence-electron chi connectivity index (χ4n) is 1.34. The summed E-state index contributed by atoms with van der Waals surface area (Å²) in [7, 11) is -1.28. The third-order valence-corrected chi connectivity index (χ3v) is 7.17. The van der Waals surface area contributed by atoms with Crippen LogP contribution in [0.15, 0.2) is 0 Å². The fraction of sp³-hybridized carbons (Fsp3) is 0.889. The summed E-state index contributed by atoms with van der Waals surface area (Å²) in [6.45, 7) is 11.4. The van der Waals surface area contributed by atoms with Gasteiger partial charge in [-0.05, 0) is 24.6 Å². The van der Waals surface area contributed by atoms with Crippen LogP contribution < -0.4 is 0 Å². The first kappa shape index (κ1) is 15.3. The van der Waals surface area contributed by atoms with Crippen LogP contribution in [0.2, 0.25) is 18.1 Å². The average Bonchev–Trinajstić information content (AvgIpc) is 2.08. The molecule has 0 heterocycles. The average molecular weight is 181 g/mol. The first-order valence-electron chi connectivity index (χ1n) is 4.67. The Labute approximate surface area is 90.6 Å². The van der Waals surface area contributed by atoms with Crippen molar-refractivity contribution in [2.45, 2.75) is 45.3 Å². The third-order valence-electron chi connectivity index (χ3n) is 2.49. The van der Waals surface area contributed by atoms with E-state index >= 15 is 0 Å². The second-order valence-corrected chi connectivity index (χ2v) is 7.72. The van der Waals surface area contributed by atoms with E-state index in [4.69, 9.17) is 4.43 Å². The summed E-state index contributed by atoms with van der Waals surface area (Å²) < 4.78 is 5.90. The molecule has 0 aromatic carbocycles. The zero-order valence-corrected chi connectivity index (χ0v) is 9.15. The molecule has 0 saturated heterocycles. The topological polar surface area (TPSA) is 9.23 Å². The molecule has 3 heteroatoms. The van der Waals surface area contributed by atoms with Gasteiger partial charge in [0.1, 0.15) is 0 Å². The molecule has 1 nitrogen and oxygen atoms in total. The van der Waals surface area contributed by atoms with E-state index in [1.165, 1.54) is 18.1 Å². The van der Waals surface area contributed by atoms with Gasteiger partial charge in [0.15, 0.2) is 8.32 Å². The Morgan fingerprint density at radius 3 is 1.75 bits per heavy atom. The summed E-state index contributed by atoms with van der Waals surface area (Å²) in [6, 6.07) is 3.75. The Hall–Kier alpha value is 0.774. The van der Waals surface area contributed by atoms with Crippen molar-refractivity contribution in [3.63, 3.8) is 0 Å². The fourth-order valence-corrected chi connectivity index (χ4v) is 4.03. The van der Waals surface area contributed by atoms with Crippen molar-refractivity contribution < 1.29 is 4.43 Å². The van der Waals surface area contributed by atoms with E-state index in [-0.39, 0.29) is 18.9 Å². The Morgan fingerprint density at radius 1 is 1.08 bits per heavy atom. The van der Waals surface area contributed by atoms with Gasteiger partial charge in [-0.15, -0.1) is 0 Å². The molecule has 0 aromatic heterocycles. The molecule has 0 aliphatic rings. The van der Waals surface area contributed by atoms with Crippen LogP contribution in [0.3, 0.4) is 0 Å². The van der Waals surface area contributed by atoms with Gasteiger partial charge < -0.3 is 4.43 Å². The molecule has 0 spiro atoms. The van der Waals surface area contributed by atoms with Crippen LogP contribution in [0.4, 0.5) is 0 Å². The Balaban J connectivity index is 0. The molecule has 1 radical (unpaired) electrons. The summed E-state index contributed by atoms with van der Waals surface area (Å²) in [5.41, 5.74) is 0. The van der Waals surface area contributed by atoms with E-state index in [1.807, 2.05) is 0 Å². The van der Waals surface area contributed by atoms with Crippen molar-refractivity contribution in [1.82, 2.24) is 0 Å². The molecule has 0 saturated carbocycles. The molecular formula is C9H22LiOSi. The van der Waals surface area contributed by atoms with Gasteiger partial charge in [-0.25, -0.2) is 0 Å². The van der Waals surface area contributed by atoms with Gasteiger partial charge in [0.25, 0.3) is 0 Å². The second-order valence-electron chi connectivity index (χ2n) is 2.95. The van der Waals surface area contributed by atoms with Crippen molar-refractivity contribution in [3.05, 3.63) is 6.92 Å². The summed E-state index contributed by atoms with van der Waals surface area (Å²) in [4.78, 5) is 0. The quantitative estimate of drug-likeness (QED) is 0.572. The van der Waals surface area contributed by atoms with Gasteiger partial charge >= 0.3 is 18.9 Å². The van der Waals surface area contributed by atoms with Crippen LogP contribution >= 0.6 is 0 Å². The van der Waals surface area contributed by atoms with Crippen molar-refractivity contribution >= 4 is 27.2 Å². The Bertz CT molecular complexity index is 86.3. The molecule has 0 rings (SSSR count). The first-order chi connectivity index (χ1) is 5.24. The molecule has 0 aliphatic carbocycles. The van der Waals surface area contributed by atoms with Gasteiger partial charge in [-0.1, -0.05) is 27.7 Å². The SMILES string of the molecule is [CH2]CCO[Si](CC)(CC)CC.[LiH]. The molecule has 0 N–H and O–H groups in total. The predicted octanol–water partition coefficient (Wildman–Crippen LogP) is 2.58. The molecule has 0 aromatic rings. The Kier molecular flexibility index (Phi) is 10.6. The normalized spacial score (nSPS) is 11.0. The van der Waals surface area contributed by atoms with E-state index < -0.39 is 8.32 Å². The number of rotatable bonds is 6. The van der Waals surface area contributed by atoms with Crippen LogP contribution in [0.25, 0.3) is 0 Å². The van der Waals surface area contributed by atoms with Gasteiger partial charge in [0, 0.05) is 6.61 Å². The standard InChI is InChI=1S/C9H21OSi.Li.H/c1-5-9-10-11(6-2,7-3)8-4;;/h1,5-9H2,2-4H3;;. The van der Waals surface area contributed by atoms with Gasteiger partial charge in [-0.2, -0.15) is 0 Å². The van der Waals surface area contributed by atoms with Crippen LogP contribution in [0.1, 0.15) is 27.2 Å². The minimum atomic E-state index is -1.28. The summed E-state index contributed by atoms with van der Waals surface area (Å²) in [5, 5.41) is 0. The van der Waals surface area contributed by atoms with Gasteiger partial charge in [0.05, 0.1) is 0 Å². The van der Waals surface area contributed by atoms with E-state index in [0.717, 1.165) is 13.0 Å². The molecule has 69 valence electrons. The van der Waals surface area contributed by atoms with Crippen LogP contribution in [0.5, 0.6) is 0 Å². The van der Waals surface area contributed by atoms with E-state index in [9.17, 15) is 0 Å². The summed E-state index contributed by atoms with van der Waals surface area (Å²) in [5.74, 6) is 0. The predicted molar refractivity (Wildman–Crippen MR) is 60.3 cm³/mol. The maximum absolute atomic E-state index is 5.90. The molecule has 0 fully saturated rings. The summed E-state index contributed by atoms with van der Waals surface area (Å²) >= 11 is 0. The van der Waals surface area contributed by atoms with Crippen LogP contribution in [0, 0.1) is 6.92 Å². The minimum absolute atomic E-state index is 0. The first-order valence-corrected chi connectivity index (χ1v) is 7.20. The molecule has 0 bridgehead atoms. The van der Waals surface area contributed by atoms with Crippen molar-refractivity contribution in [1.29, 1.82) is 0 Å². The third kappa shape index (κ3) is 4.72. The maximum atomic E-state index is 5.90. The molecule has 0 atom stereocenters. The second kappa shape index (κ2) is 8.38. The van der Waals surface area contributed by atoms with E-state index in [1.54, 1.807) is 0 Å². The van der Waals surface area contributed by atoms with E-state index in [2.05, 4.69) is 27.7 Å². The van der Waals surface area contributed by atoms with Gasteiger partial charge in [0.2, 0.25) is 0 Å². The van der Waals surface area contributed by atoms with Crippen LogP contribution in [-0.2, 0) is 4.43 Å². The number of hydrogen-bond donors (Lipinski definition) is 0. The molecular weight excluding hydrogens is 159 g/mol. The van der Waals surface area contributed by atoms with Crippen molar-refractivity contribution in [2.75, 3.05) is 6.61 Å². The Morgan fingerprint density at radius 2 is 1.50 bits per heavy atom. The van der Waals surface area contributed by atoms with Crippen molar-refractivity contribution in [2.24, 2.45) is 0 Å². The summed E-state index contributed by atoms with van der Waals surface area (Å²) in [6.07, 6.45) is 0.911. The zero-order chi connectivity index (χ0) is 8.74. The van der Waals surface area contributed by atoms with Gasteiger partial charge in [-0.3, -0.25) is 0 Å². The molecule has 0 unspecified atom stereocenters. The molecule has 0 amide bonds. The zero-order valence-electron chi connectivity index (χ0n) is 8.15.